The number of hydrogen-bond acceptors (Lipinski definition) is 5. The van der Waals surface area contributed by atoms with Gasteiger partial charge in [-0.1, -0.05) is 60.1 Å². The Morgan fingerprint density at radius 2 is 1.88 bits per heavy atom. The fraction of sp³-hybridized carbons (Fsp3) is 0.333. The minimum Gasteiger partial charge on any atom is -0.465 e. The number of carboxylic acid groups (broad SMARTS) is 1. The summed E-state index contributed by atoms with van der Waals surface area (Å²) in [6.45, 7) is 1.56. The van der Waals surface area contributed by atoms with Gasteiger partial charge in [0.15, 0.2) is 0 Å². The van der Waals surface area contributed by atoms with Gasteiger partial charge in [-0.2, -0.15) is 0 Å². The molecule has 0 saturated carbocycles. The summed E-state index contributed by atoms with van der Waals surface area (Å²) < 4.78 is 0. The van der Waals surface area contributed by atoms with Crippen LogP contribution in [-0.2, 0) is 11.2 Å². The number of hydrogen-bond donors (Lipinski definition) is 3. The monoisotopic (exact) mass is 558 g/mol. The lowest BCUT2D eigenvalue weighted by atomic mass is 9.87. The molecule has 2 unspecified atom stereocenters. The average molecular weight is 559 g/mol. The van der Waals surface area contributed by atoms with Gasteiger partial charge in [0.25, 0.3) is 0 Å². The molecule has 0 radical (unpaired) electrons. The summed E-state index contributed by atoms with van der Waals surface area (Å²) in [5.74, 6) is 0.383. The van der Waals surface area contributed by atoms with Gasteiger partial charge in [0, 0.05) is 60.3 Å². The van der Waals surface area contributed by atoms with Crippen LogP contribution in [0.3, 0.4) is 0 Å². The van der Waals surface area contributed by atoms with Crippen molar-refractivity contribution >= 4 is 40.5 Å². The van der Waals surface area contributed by atoms with Gasteiger partial charge >= 0.3 is 6.09 Å². The quantitative estimate of drug-likeness (QED) is 0.296. The molecule has 40 heavy (non-hydrogen) atoms. The Hall–Kier alpha value is -4.11. The van der Waals surface area contributed by atoms with Crippen LogP contribution in [-0.4, -0.2) is 73.6 Å². The van der Waals surface area contributed by atoms with E-state index >= 15 is 0 Å². The largest absolute Gasteiger partial charge is 0.465 e. The Labute approximate surface area is 237 Å². The normalized spacial score (nSPS) is 21.1. The third-order valence-electron chi connectivity index (χ3n) is 8.05. The molecule has 4 heterocycles. The van der Waals surface area contributed by atoms with Crippen molar-refractivity contribution < 1.29 is 14.7 Å². The third kappa shape index (κ3) is 5.34. The number of H-pyrrole nitrogens is 1. The van der Waals surface area contributed by atoms with E-state index in [0.29, 0.717) is 55.6 Å². The Morgan fingerprint density at radius 1 is 1.07 bits per heavy atom. The van der Waals surface area contributed by atoms with Gasteiger partial charge < -0.3 is 25.2 Å². The van der Waals surface area contributed by atoms with Crippen molar-refractivity contribution in [2.75, 3.05) is 25.0 Å². The van der Waals surface area contributed by atoms with E-state index in [9.17, 15) is 14.7 Å². The molecule has 2 aromatic heterocycles. The molecule has 0 spiro atoms. The van der Waals surface area contributed by atoms with Gasteiger partial charge in [-0.25, -0.2) is 14.8 Å². The molecule has 2 aromatic carbocycles. The molecule has 0 aliphatic carbocycles. The molecule has 9 nitrogen and oxygen atoms in total. The zero-order valence-electron chi connectivity index (χ0n) is 22.0. The molecule has 2 aliphatic rings. The first-order valence-electron chi connectivity index (χ1n) is 13.6. The number of nitrogens with one attached hydrogen (secondary N) is 2. The van der Waals surface area contributed by atoms with E-state index < -0.39 is 6.09 Å². The van der Waals surface area contributed by atoms with Crippen LogP contribution in [0.5, 0.6) is 0 Å². The van der Waals surface area contributed by atoms with Crippen molar-refractivity contribution in [3.63, 3.8) is 0 Å². The molecule has 2 fully saturated rings. The van der Waals surface area contributed by atoms with E-state index in [2.05, 4.69) is 15.3 Å². The fourth-order valence-corrected chi connectivity index (χ4v) is 6.21. The number of likely N-dealkylation sites (tertiary alicyclic amines) is 2. The number of nitrogens with zero attached hydrogens (tertiary/aromatic N) is 4. The van der Waals surface area contributed by atoms with Crippen LogP contribution in [0.2, 0.25) is 5.02 Å². The smallest absolute Gasteiger partial charge is 0.407 e. The molecule has 2 aliphatic heterocycles. The molecular weight excluding hydrogens is 528 g/mol. The highest BCUT2D eigenvalue weighted by molar-refractivity contribution is 6.33. The fourth-order valence-electron chi connectivity index (χ4n) is 6.02. The lowest BCUT2D eigenvalue weighted by Gasteiger charge is -2.38. The molecule has 6 rings (SSSR count). The third-order valence-corrected chi connectivity index (χ3v) is 8.32. The minimum atomic E-state index is -0.924. The molecular formula is C30H31ClN6O3. The molecule has 206 valence electrons. The SMILES string of the molecule is O=C(C1CCN(C(=O)O)C(Cc2ccccc2)C1)N1CC[C@@H](Nc2ncc(Cl)c(-c3c[nH]c4ccccc34)n2)C1. The van der Waals surface area contributed by atoms with Gasteiger partial charge in [-0.3, -0.25) is 4.79 Å². The van der Waals surface area contributed by atoms with Crippen LogP contribution in [0.4, 0.5) is 10.7 Å². The molecule has 4 aromatic rings. The van der Waals surface area contributed by atoms with Gasteiger partial charge in [0.2, 0.25) is 11.9 Å². The van der Waals surface area contributed by atoms with Gasteiger partial charge in [0.05, 0.1) is 16.9 Å². The first-order valence-corrected chi connectivity index (χ1v) is 14.0. The summed E-state index contributed by atoms with van der Waals surface area (Å²) in [6.07, 6.45) is 5.04. The van der Waals surface area contributed by atoms with Gasteiger partial charge in [-0.15, -0.1) is 0 Å². The van der Waals surface area contributed by atoms with Crippen molar-refractivity contribution in [2.45, 2.75) is 37.8 Å². The second kappa shape index (κ2) is 11.2. The summed E-state index contributed by atoms with van der Waals surface area (Å²) in [6, 6.07) is 17.7. The van der Waals surface area contributed by atoms with Crippen molar-refractivity contribution in [1.29, 1.82) is 0 Å². The number of halogens is 1. The summed E-state index contributed by atoms with van der Waals surface area (Å²) >= 11 is 6.49. The van der Waals surface area contributed by atoms with Crippen LogP contribution < -0.4 is 5.32 Å². The van der Waals surface area contributed by atoms with Gasteiger partial charge in [-0.05, 0) is 37.3 Å². The highest BCUT2D eigenvalue weighted by atomic mass is 35.5. The number of anilines is 1. The molecule has 3 N–H and O–H groups in total. The number of aromatic amines is 1. The van der Waals surface area contributed by atoms with E-state index in [1.165, 1.54) is 4.90 Å². The number of piperidine rings is 1. The number of rotatable bonds is 6. The number of carbonyl (C=O) groups excluding carboxylic acids is 1. The first kappa shape index (κ1) is 26.1. The van der Waals surface area contributed by atoms with Crippen LogP contribution in [0, 0.1) is 5.92 Å². The predicted octanol–water partition coefficient (Wildman–Crippen LogP) is 5.29. The highest BCUT2D eigenvalue weighted by Gasteiger charge is 2.38. The zero-order valence-corrected chi connectivity index (χ0v) is 22.7. The maximum Gasteiger partial charge on any atom is 0.407 e. The Bertz CT molecular complexity index is 1530. The van der Waals surface area contributed by atoms with E-state index in [-0.39, 0.29) is 23.9 Å². The van der Waals surface area contributed by atoms with Crippen molar-refractivity contribution in [2.24, 2.45) is 5.92 Å². The Morgan fingerprint density at radius 3 is 2.70 bits per heavy atom. The molecule has 2 amide bonds. The van der Waals surface area contributed by atoms with Gasteiger partial charge in [0.1, 0.15) is 0 Å². The summed E-state index contributed by atoms with van der Waals surface area (Å²) in [5, 5.41) is 14.6. The van der Waals surface area contributed by atoms with Crippen molar-refractivity contribution in [1.82, 2.24) is 24.8 Å². The summed E-state index contributed by atoms with van der Waals surface area (Å²) in [5.41, 5.74) is 3.64. The second-order valence-electron chi connectivity index (χ2n) is 10.6. The zero-order chi connectivity index (χ0) is 27.6. The van der Waals surface area contributed by atoms with E-state index in [1.807, 2.05) is 65.7 Å². The summed E-state index contributed by atoms with van der Waals surface area (Å²) in [7, 11) is 0. The number of fused-ring (bicyclic) bond motifs is 1. The number of para-hydroxylation sites is 1. The minimum absolute atomic E-state index is 0.0140. The Balaban J connectivity index is 1.11. The van der Waals surface area contributed by atoms with Crippen molar-refractivity contribution in [3.05, 3.63) is 77.6 Å². The molecule has 3 atom stereocenters. The van der Waals surface area contributed by atoms with Crippen LogP contribution >= 0.6 is 11.6 Å². The lowest BCUT2D eigenvalue weighted by Crippen LogP contribution is -2.50. The number of benzene rings is 2. The Kier molecular flexibility index (Phi) is 7.30. The molecule has 0 bridgehead atoms. The van der Waals surface area contributed by atoms with E-state index in [1.54, 1.807) is 6.20 Å². The highest BCUT2D eigenvalue weighted by Crippen LogP contribution is 2.33. The molecule has 2 saturated heterocycles. The van der Waals surface area contributed by atoms with Crippen molar-refractivity contribution in [3.8, 4) is 11.3 Å². The second-order valence-corrected chi connectivity index (χ2v) is 11.0. The molecule has 10 heteroatoms. The number of amides is 2. The first-order chi connectivity index (χ1) is 19.5. The lowest BCUT2D eigenvalue weighted by molar-refractivity contribution is -0.136. The maximum atomic E-state index is 13.5. The standard InChI is InChI=1S/C30H31ClN6O3/c31-25-17-33-29(35-27(25)24-16-32-26-9-5-4-8-23(24)26)34-21-11-12-36(18-21)28(38)20-10-13-37(30(39)40)22(15-20)14-19-6-2-1-3-7-19/h1-9,16-17,20-22,32H,10-15,18H2,(H,39,40)(H,33,34,35)/t20?,21-,22?/m1/s1. The predicted molar refractivity (Wildman–Crippen MR) is 154 cm³/mol. The van der Waals surface area contributed by atoms with Crippen LogP contribution in [0.15, 0.2) is 67.0 Å². The maximum absolute atomic E-state index is 13.5. The number of aromatic nitrogens is 3. The van der Waals surface area contributed by atoms with Crippen LogP contribution in [0.25, 0.3) is 22.2 Å². The van der Waals surface area contributed by atoms with Crippen LogP contribution in [0.1, 0.15) is 24.8 Å². The summed E-state index contributed by atoms with van der Waals surface area (Å²) in [4.78, 5) is 41.2. The topological polar surface area (TPSA) is 114 Å². The number of carbonyl (C=O) groups is 2. The average Bonchev–Trinajstić information content (AvgIpc) is 3.61. The van der Waals surface area contributed by atoms with E-state index in [0.717, 1.165) is 28.5 Å². The van der Waals surface area contributed by atoms with E-state index in [4.69, 9.17) is 16.6 Å².